The quantitative estimate of drug-likeness (QED) is 0.188. The highest BCUT2D eigenvalue weighted by Gasteiger charge is 2.21. The summed E-state index contributed by atoms with van der Waals surface area (Å²) >= 11 is 0. The van der Waals surface area contributed by atoms with Crippen LogP contribution in [0.2, 0.25) is 0 Å². The first-order valence-corrected chi connectivity index (χ1v) is 17.4. The molecule has 10 rings (SSSR count). The summed E-state index contributed by atoms with van der Waals surface area (Å²) in [7, 11) is 0. The molecule has 1 atom stereocenters. The SMILES string of the molecule is C1=C(c2ccc(-c3ccccc3)cc2)NC(c2ccccc2)N=C1c1cccc(-c2ccc3c(c2)oc2c4ccccc4c4ccccc4c32)c1. The van der Waals surface area contributed by atoms with Crippen molar-refractivity contribution in [3.05, 3.63) is 199 Å². The van der Waals surface area contributed by atoms with Crippen LogP contribution in [-0.4, -0.2) is 5.71 Å². The summed E-state index contributed by atoms with van der Waals surface area (Å²) in [5.41, 5.74) is 11.7. The van der Waals surface area contributed by atoms with Gasteiger partial charge in [-0.2, -0.15) is 0 Å². The number of hydrogen-bond acceptors (Lipinski definition) is 3. The molecule has 0 amide bonds. The summed E-state index contributed by atoms with van der Waals surface area (Å²) in [4.78, 5) is 5.25. The molecule has 1 aromatic heterocycles. The highest BCUT2D eigenvalue weighted by molar-refractivity contribution is 6.30. The maximum Gasteiger partial charge on any atom is 0.145 e. The van der Waals surface area contributed by atoms with Gasteiger partial charge in [-0.1, -0.05) is 158 Å². The molecule has 51 heavy (non-hydrogen) atoms. The lowest BCUT2D eigenvalue weighted by molar-refractivity contribution is 0.664. The van der Waals surface area contributed by atoms with Gasteiger partial charge in [0.05, 0.1) is 5.71 Å². The van der Waals surface area contributed by atoms with E-state index in [-0.39, 0.29) is 6.17 Å². The third-order valence-electron chi connectivity index (χ3n) is 10.1. The lowest BCUT2D eigenvalue weighted by atomic mass is 9.95. The van der Waals surface area contributed by atoms with Crippen LogP contribution in [0.1, 0.15) is 22.9 Å². The Morgan fingerprint density at radius 3 is 1.78 bits per heavy atom. The highest BCUT2D eigenvalue weighted by Crippen LogP contribution is 2.42. The summed E-state index contributed by atoms with van der Waals surface area (Å²) < 4.78 is 6.70. The molecule has 3 nitrogen and oxygen atoms in total. The van der Waals surface area contributed by atoms with Crippen LogP contribution >= 0.6 is 0 Å². The molecule has 0 aliphatic carbocycles. The first-order valence-electron chi connectivity index (χ1n) is 17.4. The topological polar surface area (TPSA) is 37.5 Å². The molecule has 1 aliphatic heterocycles. The van der Waals surface area contributed by atoms with Gasteiger partial charge in [0.15, 0.2) is 0 Å². The van der Waals surface area contributed by atoms with Crippen molar-refractivity contribution in [2.75, 3.05) is 0 Å². The van der Waals surface area contributed by atoms with Crippen molar-refractivity contribution in [1.29, 1.82) is 0 Å². The van der Waals surface area contributed by atoms with Gasteiger partial charge in [0.1, 0.15) is 17.3 Å². The molecule has 8 aromatic carbocycles. The maximum atomic E-state index is 6.70. The Kier molecular flexibility index (Phi) is 6.88. The Balaban J connectivity index is 1.06. The average molecular weight is 653 g/mol. The molecule has 9 aromatic rings. The summed E-state index contributed by atoms with van der Waals surface area (Å²) in [6, 6.07) is 62.2. The number of aliphatic imine (C=N–C) groups is 1. The van der Waals surface area contributed by atoms with Crippen LogP contribution < -0.4 is 5.32 Å². The minimum Gasteiger partial charge on any atom is -0.455 e. The van der Waals surface area contributed by atoms with Crippen LogP contribution in [0.3, 0.4) is 0 Å². The number of nitrogens with one attached hydrogen (secondary N) is 1. The number of nitrogens with zero attached hydrogens (tertiary/aromatic N) is 1. The molecule has 0 fully saturated rings. The van der Waals surface area contributed by atoms with E-state index >= 15 is 0 Å². The minimum atomic E-state index is -0.213. The molecule has 0 saturated heterocycles. The first-order chi connectivity index (χ1) is 25.3. The van der Waals surface area contributed by atoms with E-state index in [1.807, 2.05) is 6.07 Å². The van der Waals surface area contributed by atoms with Gasteiger partial charge < -0.3 is 9.73 Å². The lowest BCUT2D eigenvalue weighted by Crippen LogP contribution is -2.24. The normalized spacial score (nSPS) is 14.5. The van der Waals surface area contributed by atoms with Crippen LogP contribution in [0.5, 0.6) is 0 Å². The lowest BCUT2D eigenvalue weighted by Gasteiger charge is -2.25. The van der Waals surface area contributed by atoms with Crippen molar-refractivity contribution in [2.45, 2.75) is 6.17 Å². The van der Waals surface area contributed by atoms with Gasteiger partial charge >= 0.3 is 0 Å². The third kappa shape index (κ3) is 5.10. The molecule has 0 saturated carbocycles. The van der Waals surface area contributed by atoms with E-state index in [1.165, 1.54) is 32.7 Å². The zero-order valence-corrected chi connectivity index (χ0v) is 27.8. The van der Waals surface area contributed by atoms with Crippen LogP contribution in [0, 0.1) is 0 Å². The highest BCUT2D eigenvalue weighted by atomic mass is 16.3. The van der Waals surface area contributed by atoms with Crippen molar-refractivity contribution in [2.24, 2.45) is 4.99 Å². The Morgan fingerprint density at radius 2 is 1.00 bits per heavy atom. The molecule has 1 unspecified atom stereocenters. The second-order valence-electron chi connectivity index (χ2n) is 13.2. The number of rotatable bonds is 5. The van der Waals surface area contributed by atoms with Crippen LogP contribution in [0.4, 0.5) is 0 Å². The Bertz CT molecular complexity index is 2810. The summed E-state index contributed by atoms with van der Waals surface area (Å²) in [5.74, 6) is 0. The standard InChI is InChI=1S/C48H32N2O/c1-3-12-31(13-4-1)32-22-24-33(25-23-32)43-30-44(50-48(49-43)34-14-5-2-6-15-34)37-17-11-16-35(28-37)36-26-27-42-45(29-36)51-47-41-21-10-8-19-39(41)38-18-7-9-20-40(38)46(42)47/h1-30,48-49H. The van der Waals surface area contributed by atoms with E-state index in [4.69, 9.17) is 9.41 Å². The Hall–Kier alpha value is -6.71. The van der Waals surface area contributed by atoms with Crippen molar-refractivity contribution < 1.29 is 4.42 Å². The molecule has 1 aliphatic rings. The zero-order chi connectivity index (χ0) is 33.7. The maximum absolute atomic E-state index is 6.70. The Morgan fingerprint density at radius 1 is 0.431 bits per heavy atom. The average Bonchev–Trinajstić information content (AvgIpc) is 3.61. The number of benzene rings is 8. The van der Waals surface area contributed by atoms with E-state index in [0.29, 0.717) is 0 Å². The second-order valence-corrected chi connectivity index (χ2v) is 13.2. The van der Waals surface area contributed by atoms with Crippen LogP contribution in [0.25, 0.3) is 71.4 Å². The summed E-state index contributed by atoms with van der Waals surface area (Å²) in [5, 5.41) is 10.8. The minimum absolute atomic E-state index is 0.213. The molecular weight excluding hydrogens is 621 g/mol. The van der Waals surface area contributed by atoms with Crippen molar-refractivity contribution >= 4 is 54.9 Å². The first kappa shape index (κ1) is 29.2. The van der Waals surface area contributed by atoms with Gasteiger partial charge in [0.2, 0.25) is 0 Å². The predicted molar refractivity (Wildman–Crippen MR) is 213 cm³/mol. The van der Waals surface area contributed by atoms with Gasteiger partial charge in [-0.05, 0) is 73.8 Å². The van der Waals surface area contributed by atoms with Gasteiger partial charge in [-0.3, -0.25) is 4.99 Å². The fourth-order valence-corrected chi connectivity index (χ4v) is 7.57. The van der Waals surface area contributed by atoms with E-state index in [9.17, 15) is 0 Å². The van der Waals surface area contributed by atoms with Gasteiger partial charge in [-0.25, -0.2) is 0 Å². The van der Waals surface area contributed by atoms with Crippen LogP contribution in [0.15, 0.2) is 191 Å². The fourth-order valence-electron chi connectivity index (χ4n) is 7.57. The van der Waals surface area contributed by atoms with Crippen molar-refractivity contribution in [1.82, 2.24) is 5.32 Å². The van der Waals surface area contributed by atoms with Gasteiger partial charge in [-0.15, -0.1) is 0 Å². The molecule has 0 radical (unpaired) electrons. The van der Waals surface area contributed by atoms with Gasteiger partial charge in [0.25, 0.3) is 0 Å². The number of fused-ring (bicyclic) bond motifs is 8. The Labute approximate surface area is 295 Å². The molecule has 2 heterocycles. The summed E-state index contributed by atoms with van der Waals surface area (Å²) in [6.07, 6.45) is 1.96. The zero-order valence-electron chi connectivity index (χ0n) is 27.8. The smallest absolute Gasteiger partial charge is 0.145 e. The number of hydrogen-bond donors (Lipinski definition) is 1. The largest absolute Gasteiger partial charge is 0.455 e. The van der Waals surface area contributed by atoms with E-state index in [0.717, 1.165) is 61.2 Å². The molecule has 240 valence electrons. The third-order valence-corrected chi connectivity index (χ3v) is 10.1. The summed E-state index contributed by atoms with van der Waals surface area (Å²) in [6.45, 7) is 0. The molecular formula is C48H32N2O. The van der Waals surface area contributed by atoms with Crippen molar-refractivity contribution in [3.63, 3.8) is 0 Å². The second kappa shape index (κ2) is 12.0. The van der Waals surface area contributed by atoms with E-state index in [1.54, 1.807) is 0 Å². The predicted octanol–water partition coefficient (Wildman–Crippen LogP) is 12.4. The van der Waals surface area contributed by atoms with E-state index in [2.05, 4.69) is 181 Å². The van der Waals surface area contributed by atoms with Crippen LogP contribution in [-0.2, 0) is 0 Å². The molecule has 1 N–H and O–H groups in total. The van der Waals surface area contributed by atoms with E-state index < -0.39 is 0 Å². The monoisotopic (exact) mass is 652 g/mol. The number of allylic oxidation sites excluding steroid dienone is 1. The number of furan rings is 1. The van der Waals surface area contributed by atoms with Gasteiger partial charge in [0, 0.05) is 27.4 Å². The van der Waals surface area contributed by atoms with Crippen molar-refractivity contribution in [3.8, 4) is 22.3 Å². The fraction of sp³-hybridized carbons (Fsp3) is 0.0208. The molecule has 0 spiro atoms. The molecule has 3 heteroatoms. The molecule has 0 bridgehead atoms.